The van der Waals surface area contributed by atoms with Gasteiger partial charge in [-0.3, -0.25) is 14.9 Å². The Labute approximate surface area is 146 Å². The molecule has 0 fully saturated rings. The fraction of sp³-hybridized carbons (Fsp3) is 0.389. The molecule has 0 aliphatic carbocycles. The van der Waals surface area contributed by atoms with Crippen molar-refractivity contribution in [2.24, 2.45) is 5.92 Å². The molecule has 0 radical (unpaired) electrons. The van der Waals surface area contributed by atoms with E-state index in [0.29, 0.717) is 12.1 Å². The molecule has 2 rings (SSSR count). The lowest BCUT2D eigenvalue weighted by Crippen LogP contribution is -2.49. The third-order valence-electron chi connectivity index (χ3n) is 3.87. The Kier molecular flexibility index (Phi) is 6.30. The topological polar surface area (TPSA) is 104 Å². The van der Waals surface area contributed by atoms with Crippen LogP contribution >= 0.6 is 0 Å². The smallest absolute Gasteiger partial charge is 0.321 e. The highest BCUT2D eigenvalue weighted by Gasteiger charge is 2.27. The van der Waals surface area contributed by atoms with Crippen LogP contribution in [0, 0.1) is 5.92 Å². The number of para-hydroxylation sites is 1. The van der Waals surface area contributed by atoms with Gasteiger partial charge in [-0.1, -0.05) is 32.0 Å². The zero-order chi connectivity index (χ0) is 18.4. The molecule has 1 heterocycles. The first-order valence-electron chi connectivity index (χ1n) is 8.16. The predicted octanol–water partition coefficient (Wildman–Crippen LogP) is 1.96. The van der Waals surface area contributed by atoms with Crippen LogP contribution in [-0.4, -0.2) is 43.8 Å². The van der Waals surface area contributed by atoms with Crippen LogP contribution in [0.3, 0.4) is 0 Å². The normalized spacial score (nSPS) is 13.6. The quantitative estimate of drug-likeness (QED) is 0.642. The first-order chi connectivity index (χ1) is 11.9. The summed E-state index contributed by atoms with van der Waals surface area (Å²) in [5, 5.41) is 21.6. The SMILES string of the molecule is CC(C)CC(NC(Cc1cncn1-c1ccccc1)C(=O)O)C(=O)O. The standard InChI is InChI=1S/C18H23N3O4/c1-12(2)8-15(17(22)23)20-16(18(24)25)9-14-10-19-11-21(14)13-6-4-3-5-7-13/h3-7,10-12,15-16,20H,8-9H2,1-2H3,(H,22,23)(H,24,25). The van der Waals surface area contributed by atoms with Crippen molar-refractivity contribution in [1.29, 1.82) is 0 Å². The minimum atomic E-state index is -1.09. The van der Waals surface area contributed by atoms with Gasteiger partial charge in [0.05, 0.1) is 6.33 Å². The molecule has 2 aromatic rings. The number of carboxylic acid groups (broad SMARTS) is 2. The Bertz CT molecular complexity index is 712. The Morgan fingerprint density at radius 3 is 2.32 bits per heavy atom. The predicted molar refractivity (Wildman–Crippen MR) is 92.7 cm³/mol. The summed E-state index contributed by atoms with van der Waals surface area (Å²) in [5.41, 5.74) is 1.57. The first-order valence-corrected chi connectivity index (χ1v) is 8.16. The van der Waals surface area contributed by atoms with E-state index in [2.05, 4.69) is 10.3 Å². The van der Waals surface area contributed by atoms with Gasteiger partial charge in [0.2, 0.25) is 0 Å². The third-order valence-corrected chi connectivity index (χ3v) is 3.87. The van der Waals surface area contributed by atoms with Crippen molar-refractivity contribution in [3.05, 3.63) is 48.5 Å². The van der Waals surface area contributed by atoms with Crippen molar-refractivity contribution >= 4 is 11.9 Å². The summed E-state index contributed by atoms with van der Waals surface area (Å²) < 4.78 is 1.80. The minimum Gasteiger partial charge on any atom is -0.480 e. The van der Waals surface area contributed by atoms with Crippen LogP contribution < -0.4 is 5.32 Å². The van der Waals surface area contributed by atoms with E-state index in [1.807, 2.05) is 44.2 Å². The minimum absolute atomic E-state index is 0.131. The molecule has 7 nitrogen and oxygen atoms in total. The first kappa shape index (κ1) is 18.7. The Balaban J connectivity index is 2.19. The molecule has 2 atom stereocenters. The monoisotopic (exact) mass is 345 g/mol. The highest BCUT2D eigenvalue weighted by atomic mass is 16.4. The van der Waals surface area contributed by atoms with Crippen LogP contribution in [-0.2, 0) is 16.0 Å². The summed E-state index contributed by atoms with van der Waals surface area (Å²) in [6.45, 7) is 3.80. The van der Waals surface area contributed by atoms with E-state index in [0.717, 1.165) is 5.69 Å². The second-order valence-corrected chi connectivity index (χ2v) is 6.37. The molecule has 3 N–H and O–H groups in total. The molecule has 134 valence electrons. The average molecular weight is 345 g/mol. The van der Waals surface area contributed by atoms with Crippen LogP contribution in [0.5, 0.6) is 0 Å². The Hall–Kier alpha value is -2.67. The van der Waals surface area contributed by atoms with E-state index in [4.69, 9.17) is 0 Å². The van der Waals surface area contributed by atoms with Gasteiger partial charge in [-0.2, -0.15) is 0 Å². The second kappa shape index (κ2) is 8.43. The third kappa shape index (κ3) is 5.15. The van der Waals surface area contributed by atoms with Crippen molar-refractivity contribution < 1.29 is 19.8 Å². The average Bonchev–Trinajstić information content (AvgIpc) is 3.01. The fourth-order valence-electron chi connectivity index (χ4n) is 2.68. The lowest BCUT2D eigenvalue weighted by atomic mass is 10.0. The number of carbonyl (C=O) groups is 2. The van der Waals surface area contributed by atoms with E-state index >= 15 is 0 Å². The summed E-state index contributed by atoms with van der Waals surface area (Å²) >= 11 is 0. The zero-order valence-electron chi connectivity index (χ0n) is 14.3. The fourth-order valence-corrected chi connectivity index (χ4v) is 2.68. The van der Waals surface area contributed by atoms with E-state index in [9.17, 15) is 19.8 Å². The number of imidazole rings is 1. The molecule has 25 heavy (non-hydrogen) atoms. The van der Waals surface area contributed by atoms with Crippen LogP contribution in [0.15, 0.2) is 42.9 Å². The summed E-state index contributed by atoms with van der Waals surface area (Å²) in [6.07, 6.45) is 3.71. The van der Waals surface area contributed by atoms with E-state index < -0.39 is 24.0 Å². The largest absolute Gasteiger partial charge is 0.480 e. The summed E-state index contributed by atoms with van der Waals surface area (Å²) in [6, 6.07) is 7.53. The molecule has 0 saturated carbocycles. The highest BCUT2D eigenvalue weighted by molar-refractivity contribution is 5.77. The van der Waals surface area contributed by atoms with Gasteiger partial charge in [0, 0.05) is 24.0 Å². The van der Waals surface area contributed by atoms with Gasteiger partial charge in [0.15, 0.2) is 0 Å². The molecule has 1 aromatic carbocycles. The van der Waals surface area contributed by atoms with Crippen molar-refractivity contribution in [1.82, 2.24) is 14.9 Å². The molecule has 0 aliphatic heterocycles. The van der Waals surface area contributed by atoms with E-state index in [1.54, 1.807) is 17.1 Å². The van der Waals surface area contributed by atoms with Gasteiger partial charge in [0.25, 0.3) is 0 Å². The van der Waals surface area contributed by atoms with Crippen LogP contribution in [0.25, 0.3) is 5.69 Å². The van der Waals surface area contributed by atoms with Crippen LogP contribution in [0.4, 0.5) is 0 Å². The maximum absolute atomic E-state index is 11.6. The molecule has 0 amide bonds. The number of aliphatic carboxylic acids is 2. The molecule has 0 aliphatic rings. The molecule has 0 bridgehead atoms. The zero-order valence-corrected chi connectivity index (χ0v) is 14.3. The molecule has 1 aromatic heterocycles. The lowest BCUT2D eigenvalue weighted by Gasteiger charge is -2.22. The summed E-state index contributed by atoms with van der Waals surface area (Å²) in [4.78, 5) is 27.1. The molecule has 2 unspecified atom stereocenters. The van der Waals surface area contributed by atoms with Crippen molar-refractivity contribution in [3.8, 4) is 5.69 Å². The van der Waals surface area contributed by atoms with Gasteiger partial charge >= 0.3 is 11.9 Å². The highest BCUT2D eigenvalue weighted by Crippen LogP contribution is 2.14. The number of benzene rings is 1. The number of aromatic nitrogens is 2. The molecule has 0 saturated heterocycles. The number of hydrogen-bond acceptors (Lipinski definition) is 4. The lowest BCUT2D eigenvalue weighted by molar-refractivity contribution is -0.142. The molecular formula is C18H23N3O4. The van der Waals surface area contributed by atoms with Gasteiger partial charge in [-0.15, -0.1) is 0 Å². The van der Waals surface area contributed by atoms with Crippen LogP contribution in [0.1, 0.15) is 26.0 Å². The maximum Gasteiger partial charge on any atom is 0.321 e. The number of rotatable bonds is 9. The molecular weight excluding hydrogens is 322 g/mol. The van der Waals surface area contributed by atoms with Crippen LogP contribution in [0.2, 0.25) is 0 Å². The molecule has 7 heteroatoms. The summed E-state index contributed by atoms with van der Waals surface area (Å²) in [5.74, 6) is -2.00. The maximum atomic E-state index is 11.6. The van der Waals surface area contributed by atoms with Gasteiger partial charge in [0.1, 0.15) is 12.1 Å². The number of carboxylic acids is 2. The molecule has 0 spiro atoms. The second-order valence-electron chi connectivity index (χ2n) is 6.37. The van der Waals surface area contributed by atoms with Gasteiger partial charge in [-0.05, 0) is 24.5 Å². The van der Waals surface area contributed by atoms with Gasteiger partial charge in [-0.25, -0.2) is 4.98 Å². The van der Waals surface area contributed by atoms with Crippen molar-refractivity contribution in [2.75, 3.05) is 0 Å². The number of nitrogens with one attached hydrogen (secondary N) is 1. The van der Waals surface area contributed by atoms with Crippen molar-refractivity contribution in [3.63, 3.8) is 0 Å². The Morgan fingerprint density at radius 1 is 1.12 bits per heavy atom. The Morgan fingerprint density at radius 2 is 1.76 bits per heavy atom. The summed E-state index contributed by atoms with van der Waals surface area (Å²) in [7, 11) is 0. The van der Waals surface area contributed by atoms with Crippen molar-refractivity contribution in [2.45, 2.75) is 38.8 Å². The number of hydrogen-bond donors (Lipinski definition) is 3. The van der Waals surface area contributed by atoms with E-state index in [-0.39, 0.29) is 12.3 Å². The van der Waals surface area contributed by atoms with E-state index in [1.165, 1.54) is 0 Å². The van der Waals surface area contributed by atoms with Gasteiger partial charge < -0.3 is 14.8 Å². The number of nitrogens with zero attached hydrogens (tertiary/aromatic N) is 2.